The van der Waals surface area contributed by atoms with Crippen molar-refractivity contribution in [3.8, 4) is 22.3 Å². The molecule has 0 saturated heterocycles. The van der Waals surface area contributed by atoms with Crippen molar-refractivity contribution in [3.63, 3.8) is 0 Å². The van der Waals surface area contributed by atoms with Crippen LogP contribution in [0.25, 0.3) is 119 Å². The summed E-state index contributed by atoms with van der Waals surface area (Å²) in [4.78, 5) is 5.15. The molecule has 0 radical (unpaired) electrons. The van der Waals surface area contributed by atoms with Crippen molar-refractivity contribution in [1.29, 1.82) is 0 Å². The highest BCUT2D eigenvalue weighted by Gasteiger charge is 2.31. The topological polar surface area (TPSA) is 6.48 Å². The quantitative estimate of drug-likeness (QED) is 0.0702. The second kappa shape index (κ2) is 26.2. The SMILES string of the molecule is CCCCc1cc(-c2cc(N(c3ccc(C)cc3)c3ccc(C)cc3)c3ccc4c(-c5cc6c(CCCC)cc(C(C)(C)C)c7ccc8c(CCCC)ccc5c8c67)cc(N(c5ccc(C)cc5)c5ccc(C)cc5)c5ccc2c3c45)c2ccc3c(CCCC)cc(C(C)(C)C)c4ccc1c2c34. The van der Waals surface area contributed by atoms with Crippen LogP contribution in [0, 0.1) is 27.7 Å². The molecule has 0 aliphatic carbocycles. The average Bonchev–Trinajstić information content (AvgIpc) is 0.698. The third-order valence-corrected chi connectivity index (χ3v) is 23.0. The van der Waals surface area contributed by atoms with Gasteiger partial charge in [-0.15, -0.1) is 0 Å². The van der Waals surface area contributed by atoms with Gasteiger partial charge in [0, 0.05) is 44.3 Å². The number of rotatable bonds is 20. The Labute approximate surface area is 606 Å². The Morgan fingerprint density at radius 3 is 0.853 bits per heavy atom. The molecule has 2 nitrogen and oxygen atoms in total. The largest absolute Gasteiger partial charge is 0.310 e. The van der Waals surface area contributed by atoms with E-state index in [4.69, 9.17) is 0 Å². The third-order valence-electron chi connectivity index (χ3n) is 23.0. The maximum absolute atomic E-state index is 2.67. The second-order valence-corrected chi connectivity index (χ2v) is 32.4. The fraction of sp³-hybridized carbons (Fsp3) is 0.280. The van der Waals surface area contributed by atoms with Crippen molar-refractivity contribution >= 4 is 131 Å². The summed E-state index contributed by atoms with van der Waals surface area (Å²) in [5.41, 5.74) is 25.5. The molecule has 0 heterocycles. The molecule has 16 aromatic rings. The van der Waals surface area contributed by atoms with Crippen LogP contribution in [0.1, 0.15) is 176 Å². The highest BCUT2D eigenvalue weighted by atomic mass is 15.2. The first-order valence-electron chi connectivity index (χ1n) is 38.5. The Morgan fingerprint density at radius 1 is 0.235 bits per heavy atom. The molecule has 16 rings (SSSR count). The van der Waals surface area contributed by atoms with Crippen molar-refractivity contribution < 1.29 is 0 Å². The van der Waals surface area contributed by atoms with Gasteiger partial charge in [0.15, 0.2) is 0 Å². The van der Waals surface area contributed by atoms with Gasteiger partial charge < -0.3 is 9.80 Å². The predicted molar refractivity (Wildman–Crippen MR) is 449 cm³/mol. The van der Waals surface area contributed by atoms with Gasteiger partial charge in [-0.25, -0.2) is 0 Å². The van der Waals surface area contributed by atoms with Crippen molar-refractivity contribution in [3.05, 3.63) is 262 Å². The lowest BCUT2D eigenvalue weighted by atomic mass is 9.77. The average molecular weight is 1330 g/mol. The molecule has 2 heteroatoms. The van der Waals surface area contributed by atoms with E-state index in [2.05, 4.69) is 313 Å². The molecule has 0 aromatic heterocycles. The first-order valence-corrected chi connectivity index (χ1v) is 38.5. The number of benzene rings is 16. The monoisotopic (exact) mass is 1330 g/mol. The van der Waals surface area contributed by atoms with Crippen molar-refractivity contribution in [2.45, 2.75) is 185 Å². The Hall–Kier alpha value is -9.76. The van der Waals surface area contributed by atoms with Gasteiger partial charge in [0.05, 0.1) is 11.4 Å². The van der Waals surface area contributed by atoms with Crippen LogP contribution in [0.5, 0.6) is 0 Å². The summed E-state index contributed by atoms with van der Waals surface area (Å²) in [5, 5.41) is 24.2. The zero-order chi connectivity index (χ0) is 70.6. The fourth-order valence-electron chi connectivity index (χ4n) is 17.6. The van der Waals surface area contributed by atoms with E-state index in [1.165, 1.54) is 175 Å². The number of hydrogen-bond acceptors (Lipinski definition) is 2. The summed E-state index contributed by atoms with van der Waals surface area (Å²) in [6.07, 6.45) is 13.3. The highest BCUT2D eigenvalue weighted by Crippen LogP contribution is 2.56. The fourth-order valence-corrected chi connectivity index (χ4v) is 17.6. The van der Waals surface area contributed by atoms with Gasteiger partial charge in [0.1, 0.15) is 0 Å². The van der Waals surface area contributed by atoms with Crippen LogP contribution >= 0.6 is 0 Å². The molecule has 0 fully saturated rings. The van der Waals surface area contributed by atoms with E-state index >= 15 is 0 Å². The molecule has 0 unspecified atom stereocenters. The highest BCUT2D eigenvalue weighted by molar-refractivity contribution is 6.36. The zero-order valence-corrected chi connectivity index (χ0v) is 63.0. The molecule has 0 saturated carbocycles. The summed E-state index contributed by atoms with van der Waals surface area (Å²) in [7, 11) is 0. The molecule has 16 aromatic carbocycles. The van der Waals surface area contributed by atoms with E-state index in [1.54, 1.807) is 0 Å². The molecule has 0 spiro atoms. The van der Waals surface area contributed by atoms with Gasteiger partial charge in [-0.1, -0.05) is 251 Å². The minimum atomic E-state index is -0.0542. The molecule has 0 N–H and O–H groups in total. The molecular weight excluding hydrogens is 1230 g/mol. The van der Waals surface area contributed by atoms with Gasteiger partial charge in [-0.3, -0.25) is 0 Å². The number of hydrogen-bond donors (Lipinski definition) is 0. The first-order chi connectivity index (χ1) is 49.3. The van der Waals surface area contributed by atoms with E-state index in [0.29, 0.717) is 0 Å². The number of aryl methyl sites for hydroxylation is 8. The van der Waals surface area contributed by atoms with Crippen LogP contribution in [-0.2, 0) is 36.5 Å². The van der Waals surface area contributed by atoms with Crippen molar-refractivity contribution in [2.24, 2.45) is 0 Å². The zero-order valence-electron chi connectivity index (χ0n) is 63.0. The minimum Gasteiger partial charge on any atom is -0.310 e. The van der Waals surface area contributed by atoms with Crippen LogP contribution in [0.3, 0.4) is 0 Å². The summed E-state index contributed by atoms with van der Waals surface area (Å²) in [6, 6.07) is 83.0. The normalized spacial score (nSPS) is 12.5. The summed E-state index contributed by atoms with van der Waals surface area (Å²) in [5.74, 6) is 0. The minimum absolute atomic E-state index is 0.0536. The molecule has 0 aliphatic rings. The maximum Gasteiger partial charge on any atom is 0.0546 e. The molecule has 0 bridgehead atoms. The van der Waals surface area contributed by atoms with E-state index < -0.39 is 0 Å². The molecular formula is C100H100N2. The molecule has 102 heavy (non-hydrogen) atoms. The van der Waals surface area contributed by atoms with E-state index in [-0.39, 0.29) is 10.8 Å². The molecule has 0 amide bonds. The van der Waals surface area contributed by atoms with Crippen LogP contribution in [0.4, 0.5) is 34.1 Å². The van der Waals surface area contributed by atoms with Gasteiger partial charge in [-0.2, -0.15) is 0 Å². The Kier molecular flexibility index (Phi) is 17.2. The van der Waals surface area contributed by atoms with E-state index in [0.717, 1.165) is 111 Å². The predicted octanol–water partition coefficient (Wildman–Crippen LogP) is 29.9. The van der Waals surface area contributed by atoms with Gasteiger partial charge >= 0.3 is 0 Å². The third kappa shape index (κ3) is 11.3. The number of anilines is 6. The Bertz CT molecular complexity index is 5740. The Balaban J connectivity index is 1.12. The summed E-state index contributed by atoms with van der Waals surface area (Å²) in [6.45, 7) is 32.7. The Morgan fingerprint density at radius 2 is 0.490 bits per heavy atom. The van der Waals surface area contributed by atoms with Crippen molar-refractivity contribution in [1.82, 2.24) is 0 Å². The van der Waals surface area contributed by atoms with Crippen LogP contribution in [0.15, 0.2) is 206 Å². The lowest BCUT2D eigenvalue weighted by molar-refractivity contribution is 0.594. The number of unbranched alkanes of at least 4 members (excludes halogenated alkanes) is 4. The summed E-state index contributed by atoms with van der Waals surface area (Å²) < 4.78 is 0. The van der Waals surface area contributed by atoms with E-state index in [9.17, 15) is 0 Å². The molecule has 0 aliphatic heterocycles. The molecule has 0 atom stereocenters. The lowest BCUT2D eigenvalue weighted by Gasteiger charge is -2.31. The van der Waals surface area contributed by atoms with Crippen LogP contribution < -0.4 is 9.80 Å². The number of nitrogens with zero attached hydrogens (tertiary/aromatic N) is 2. The van der Waals surface area contributed by atoms with E-state index in [1.807, 2.05) is 0 Å². The lowest BCUT2D eigenvalue weighted by Crippen LogP contribution is -2.13. The van der Waals surface area contributed by atoms with Gasteiger partial charge in [0.2, 0.25) is 0 Å². The second-order valence-electron chi connectivity index (χ2n) is 32.4. The van der Waals surface area contributed by atoms with Gasteiger partial charge in [0.25, 0.3) is 0 Å². The standard InChI is InChI=1S/C100H100N2/c1-15-19-23-65-35-44-76-86(58-84-68(26-22-18-4)57-90(100(12,13)14)81-51-46-73(65)93(76)98(81)84)88-60-92(102(71-40-31-63(7)32-41-71)72-42-33-64(8)34-43-72)83-53-49-78-87(59-91(82-54-50-79(88)97(83)96(78)82)101(69-36-27-61(5)28-37-69)70-38-29-62(6)30-39-70)85-55-66(24-20-16-2)74-47-52-80-89(99(9,10)11)56-67(25-21-17-3)75-45-48-77(85)94(74)95(75)80/h27-60H,15-26H2,1-14H3. The van der Waals surface area contributed by atoms with Crippen molar-refractivity contribution in [2.75, 3.05) is 9.80 Å². The van der Waals surface area contributed by atoms with Crippen LogP contribution in [0.2, 0.25) is 0 Å². The smallest absolute Gasteiger partial charge is 0.0546 e. The maximum atomic E-state index is 2.67. The van der Waals surface area contributed by atoms with Gasteiger partial charge in [-0.05, 0) is 294 Å². The molecule has 510 valence electrons. The summed E-state index contributed by atoms with van der Waals surface area (Å²) >= 11 is 0. The van der Waals surface area contributed by atoms with Crippen LogP contribution in [-0.4, -0.2) is 0 Å². The first kappa shape index (κ1) is 66.8.